The van der Waals surface area contributed by atoms with Crippen LogP contribution >= 0.6 is 11.8 Å². The number of hydrogen-bond acceptors (Lipinski definition) is 28. The van der Waals surface area contributed by atoms with Crippen LogP contribution in [0.5, 0.6) is 0 Å². The van der Waals surface area contributed by atoms with Gasteiger partial charge in [0, 0.05) is 99.3 Å². The molecular formula is C102H116N14O21RuS. The van der Waals surface area contributed by atoms with Crippen molar-refractivity contribution in [2.24, 2.45) is 47.3 Å². The smallest absolute Gasteiger partial charge is 0.315 e. The zero-order valence-electron chi connectivity index (χ0n) is 77.3. The number of pyridine rings is 6. The number of hydrogen-bond donors (Lipinski definition) is 5. The first kappa shape index (κ1) is 103. The maximum Gasteiger partial charge on any atom is 0.315 e. The maximum atomic E-state index is 14.9. The van der Waals surface area contributed by atoms with Gasteiger partial charge in [-0.3, -0.25) is 97.4 Å². The standard InChI is InChI=1S/C82H100N10O21S.2C10H8N2.Ru/c1-4-6-30-89-75(97)66-55(17-16-49-12-8-7-9-13-49)111-57(67(66)76(89)98)20-21-59-70-71(81(103)92(80(70)102)33-39-109-44-42-106-36-29-86-73(95)50-25-27-84-52(46-50)51-45-48(3)24-26-83-51)61(113-59)23-22-60-69-68(78(100)91(79(69)101)31-37-107-40-34-93)58(112-60)19-18-56-65-64(54(5-2)110-56)74(96)90(77(65)99)32-38-108-43-41-105-35-28-85-63(94)15-11-10-14-62-72-53(47-114-62)87-82(104)88-72;2*1-3-7-11-9(5-1)10-6-2-4-8-12-10;/h5,7-9,12-13,16-27,45-46,53-62,64-72,93H,2,4,6,10-11,14-15,28-44,47H2,1,3H3,(H,85,94)(H,86,95)(H2,87,88,104);2*1-8H;/b17-16+,19-18-,21-20-,23-22-;;;. The minimum atomic E-state index is -1.15. The second-order valence-electron chi connectivity index (χ2n) is 34.6. The molecule has 5 N–H and O–H groups in total. The molecule has 37 heteroatoms. The molecule has 10 aliphatic rings. The summed E-state index contributed by atoms with van der Waals surface area (Å²) >= 11 is 1.85. The Balaban J connectivity index is 0.000000531. The number of aryl methyl sites for hydroxylation is 1. The summed E-state index contributed by atoms with van der Waals surface area (Å²) in [5.41, 5.74) is 7.12. The molecule has 734 valence electrons. The van der Waals surface area contributed by atoms with E-state index < -0.39 is 132 Å². The molecule has 7 aromatic rings. The Labute approximate surface area is 823 Å². The summed E-state index contributed by atoms with van der Waals surface area (Å²) in [4.78, 5) is 183. The Morgan fingerprint density at radius 2 is 0.827 bits per heavy atom. The first-order valence-electron chi connectivity index (χ1n) is 47.1. The van der Waals surface area contributed by atoms with E-state index in [2.05, 4.69) is 57.7 Å². The van der Waals surface area contributed by atoms with Crippen molar-refractivity contribution in [1.29, 1.82) is 0 Å². The van der Waals surface area contributed by atoms with Gasteiger partial charge < -0.3 is 69.0 Å². The molecule has 6 aromatic heterocycles. The number of nitrogens with one attached hydrogen (secondary N) is 4. The van der Waals surface area contributed by atoms with Crippen LogP contribution < -0.4 is 21.3 Å². The molecule has 0 bridgehead atoms. The van der Waals surface area contributed by atoms with Crippen molar-refractivity contribution in [1.82, 2.24) is 70.8 Å². The number of benzene rings is 1. The van der Waals surface area contributed by atoms with Crippen LogP contribution in [0.2, 0.25) is 0 Å². The quantitative estimate of drug-likeness (QED) is 0.00826. The SMILES string of the molecule is C=CC1OC(/C=C\C2OC(/C=C\C3OC(/C=C\C4OC(/C=C/c5ccccc5)C5C(=O)N(CCCC)C(=O)C45)C4C(=O)N(CCOCCOCCNC(=O)c5ccnc(-c6cc(C)ccn6)c5)C(=O)C34)C3C(=O)N(CCOCCO)C(=O)C23)C2C(=O)N(CCOCCOCCNC(=O)CCCCC3SCC4NC(=O)NC43)C(=O)C12.[Ru].c1ccc(-c2ccccn2)nc1.c1ccc(-c2ccccn2)nc1. The van der Waals surface area contributed by atoms with Gasteiger partial charge in [-0.1, -0.05) is 129 Å². The number of fused-ring (bicyclic) bond motifs is 5. The number of rotatable bonds is 44. The van der Waals surface area contributed by atoms with Crippen LogP contribution in [0.25, 0.3) is 40.2 Å². The zero-order chi connectivity index (χ0) is 96.4. The molecular weight excluding hydrogens is 1890 g/mol. The molecule has 0 radical (unpaired) electrons. The molecule has 139 heavy (non-hydrogen) atoms. The molecule has 35 nitrogen and oxygen atoms in total. The summed E-state index contributed by atoms with van der Waals surface area (Å²) in [6.45, 7) is 8.69. The largest absolute Gasteiger partial charge is 0.394 e. The van der Waals surface area contributed by atoms with Gasteiger partial charge in [0.25, 0.3) is 5.91 Å². The van der Waals surface area contributed by atoms with Crippen molar-refractivity contribution in [3.05, 3.63) is 236 Å². The van der Waals surface area contributed by atoms with Gasteiger partial charge in [-0.2, -0.15) is 11.8 Å². The zero-order valence-corrected chi connectivity index (χ0v) is 79.8. The van der Waals surface area contributed by atoms with Crippen molar-refractivity contribution in [3.63, 3.8) is 0 Å². The van der Waals surface area contributed by atoms with Gasteiger partial charge in [0.2, 0.25) is 53.2 Å². The summed E-state index contributed by atoms with van der Waals surface area (Å²) < 4.78 is 54.8. The van der Waals surface area contributed by atoms with E-state index in [1.54, 1.807) is 91.8 Å². The maximum absolute atomic E-state index is 14.9. The number of aliphatic hydroxyl groups is 1. The number of amides is 12. The number of unbranched alkanes of at least 4 members (excludes halogenated alkanes) is 2. The fourth-order valence-electron chi connectivity index (χ4n) is 18.9. The van der Waals surface area contributed by atoms with Crippen LogP contribution in [0, 0.1) is 54.3 Å². The Hall–Kier alpha value is -11.8. The molecule has 19 atom stereocenters. The molecule has 10 aliphatic heterocycles. The van der Waals surface area contributed by atoms with Crippen LogP contribution in [0.1, 0.15) is 66.9 Å². The van der Waals surface area contributed by atoms with E-state index in [4.69, 9.17) is 42.6 Å². The normalized spacial score (nSPS) is 26.5. The number of imide groups is 4. The van der Waals surface area contributed by atoms with Crippen LogP contribution in [-0.2, 0) is 105 Å². The molecule has 0 saturated carbocycles. The van der Waals surface area contributed by atoms with Gasteiger partial charge >= 0.3 is 6.03 Å². The molecule has 0 spiro atoms. The van der Waals surface area contributed by atoms with E-state index in [1.165, 1.54) is 11.0 Å². The van der Waals surface area contributed by atoms with Crippen LogP contribution in [0.4, 0.5) is 4.79 Å². The molecule has 0 aliphatic carbocycles. The van der Waals surface area contributed by atoms with E-state index >= 15 is 0 Å². The summed E-state index contributed by atoms with van der Waals surface area (Å²) in [7, 11) is 0. The van der Waals surface area contributed by atoms with Crippen molar-refractivity contribution in [2.75, 3.05) is 118 Å². The van der Waals surface area contributed by atoms with E-state index in [1.807, 2.05) is 147 Å². The summed E-state index contributed by atoms with van der Waals surface area (Å²) in [6, 6.07) is 39.8. The minimum Gasteiger partial charge on any atom is -0.394 e. The molecule has 10 fully saturated rings. The number of nitrogens with zero attached hydrogens (tertiary/aromatic N) is 10. The Bertz CT molecular complexity index is 5360. The summed E-state index contributed by atoms with van der Waals surface area (Å²) in [5, 5.41) is 21.4. The third-order valence-corrected chi connectivity index (χ3v) is 27.2. The van der Waals surface area contributed by atoms with Gasteiger partial charge in [0.05, 0.1) is 235 Å². The molecule has 16 heterocycles. The fraction of sp³-hybridized carbons (Fsp3) is 0.441. The monoisotopic (exact) mass is 2010 g/mol. The first-order valence-corrected chi connectivity index (χ1v) is 48.2. The van der Waals surface area contributed by atoms with Crippen LogP contribution in [0.15, 0.2) is 220 Å². The second-order valence-corrected chi connectivity index (χ2v) is 35.8. The first-order chi connectivity index (χ1) is 67.4. The number of ether oxygens (including phenoxy) is 9. The predicted octanol–water partition coefficient (Wildman–Crippen LogP) is 7.23. The third-order valence-electron chi connectivity index (χ3n) is 25.7. The molecule has 10 saturated heterocycles. The van der Waals surface area contributed by atoms with E-state index in [9.17, 15) is 57.8 Å². The summed E-state index contributed by atoms with van der Waals surface area (Å²) in [6.07, 6.45) is 20.9. The van der Waals surface area contributed by atoms with Gasteiger partial charge in [-0.25, -0.2) is 4.79 Å². The topological polar surface area (TPSA) is 429 Å². The predicted molar refractivity (Wildman–Crippen MR) is 505 cm³/mol. The minimum absolute atomic E-state index is 0. The van der Waals surface area contributed by atoms with Crippen molar-refractivity contribution >= 4 is 82.9 Å². The number of carbonyl (C=O) groups is 11. The number of likely N-dealkylation sites (tertiary alicyclic amines) is 4. The fourth-order valence-corrected chi connectivity index (χ4v) is 20.5. The Morgan fingerprint density at radius 1 is 0.439 bits per heavy atom. The number of carbonyl (C=O) groups excluding carboxylic acids is 11. The van der Waals surface area contributed by atoms with Crippen LogP contribution in [0.3, 0.4) is 0 Å². The van der Waals surface area contributed by atoms with Crippen molar-refractivity contribution in [3.8, 4) is 34.2 Å². The number of aliphatic hydroxyl groups excluding tert-OH is 1. The van der Waals surface area contributed by atoms with Gasteiger partial charge in [-0.15, -0.1) is 6.58 Å². The number of thioether (sulfide) groups is 1. The third kappa shape index (κ3) is 25.5. The van der Waals surface area contributed by atoms with Gasteiger partial charge in [-0.05, 0) is 110 Å². The molecule has 12 amide bonds. The number of aromatic nitrogens is 6. The molecule has 1 aromatic carbocycles. The Kier molecular flexibility index (Phi) is 37.7. The average Bonchev–Trinajstić information content (AvgIpc) is 1.59. The molecule has 17 rings (SSSR count). The number of urea groups is 1. The van der Waals surface area contributed by atoms with Crippen molar-refractivity contribution < 1.29 is 120 Å². The second kappa shape index (κ2) is 50.8. The Morgan fingerprint density at radius 3 is 1.25 bits per heavy atom. The van der Waals surface area contributed by atoms with E-state index in [-0.39, 0.29) is 167 Å². The molecule has 19 unspecified atom stereocenters. The van der Waals surface area contributed by atoms with E-state index in [0.717, 1.165) is 80.0 Å². The van der Waals surface area contributed by atoms with Gasteiger partial charge in [0.1, 0.15) is 0 Å². The average molecular weight is 2010 g/mol. The summed E-state index contributed by atoms with van der Waals surface area (Å²) in [5.74, 6) is -11.7. The van der Waals surface area contributed by atoms with Gasteiger partial charge in [0.15, 0.2) is 0 Å². The van der Waals surface area contributed by atoms with Crippen molar-refractivity contribution in [2.45, 2.75) is 119 Å². The van der Waals surface area contributed by atoms with E-state index in [0.29, 0.717) is 41.6 Å². The van der Waals surface area contributed by atoms with Crippen LogP contribution in [-0.4, -0.2) is 304 Å².